The Bertz CT molecular complexity index is 331. The van der Waals surface area contributed by atoms with Crippen molar-refractivity contribution in [1.82, 2.24) is 9.80 Å². The molecule has 1 saturated heterocycles. The lowest BCUT2D eigenvalue weighted by molar-refractivity contribution is -0.138. The van der Waals surface area contributed by atoms with Crippen molar-refractivity contribution < 1.29 is 9.59 Å². The van der Waals surface area contributed by atoms with Gasteiger partial charge in [0.1, 0.15) is 0 Å². The largest absolute Gasteiger partial charge is 0.368 e. The van der Waals surface area contributed by atoms with Crippen LogP contribution in [-0.2, 0) is 9.59 Å². The maximum atomic E-state index is 12.0. The van der Waals surface area contributed by atoms with Crippen molar-refractivity contribution in [3.05, 3.63) is 0 Å². The van der Waals surface area contributed by atoms with Gasteiger partial charge in [-0.1, -0.05) is 6.92 Å². The first-order valence-electron chi connectivity index (χ1n) is 6.34. The molecule has 0 radical (unpaired) electrons. The van der Waals surface area contributed by atoms with Gasteiger partial charge in [0, 0.05) is 38.6 Å². The van der Waals surface area contributed by atoms with E-state index >= 15 is 0 Å². The lowest BCUT2D eigenvalue weighted by Crippen LogP contribution is -2.60. The number of halogens is 2. The van der Waals surface area contributed by atoms with Crippen molar-refractivity contribution in [2.45, 2.75) is 26.3 Å². The smallest absolute Gasteiger partial charge is 0.237 e. The third kappa shape index (κ3) is 4.77. The minimum Gasteiger partial charge on any atom is -0.368 e. The summed E-state index contributed by atoms with van der Waals surface area (Å²) in [6.45, 7) is 8.41. The first-order chi connectivity index (χ1) is 8.30. The molecule has 0 aliphatic carbocycles. The van der Waals surface area contributed by atoms with Crippen LogP contribution in [0.15, 0.2) is 0 Å². The van der Waals surface area contributed by atoms with Crippen LogP contribution in [-0.4, -0.2) is 59.9 Å². The number of carbonyl (C=O) groups excluding carboxylic acids is 2. The van der Waals surface area contributed by atoms with E-state index in [1.54, 1.807) is 0 Å². The minimum absolute atomic E-state index is 0. The Hall–Kier alpha value is -0.560. The van der Waals surface area contributed by atoms with Gasteiger partial charge in [-0.25, -0.2) is 0 Å². The quantitative estimate of drug-likeness (QED) is 0.749. The second-order valence-electron chi connectivity index (χ2n) is 5.37. The average molecular weight is 329 g/mol. The number of nitrogens with zero attached hydrogens (tertiary/aromatic N) is 2. The van der Waals surface area contributed by atoms with E-state index in [-0.39, 0.29) is 42.5 Å². The average Bonchev–Trinajstić information content (AvgIpc) is 2.36. The molecule has 1 rings (SSSR count). The Balaban J connectivity index is 0. The van der Waals surface area contributed by atoms with E-state index in [0.717, 1.165) is 0 Å². The van der Waals surface area contributed by atoms with Crippen molar-refractivity contribution in [2.24, 2.45) is 17.4 Å². The van der Waals surface area contributed by atoms with E-state index < -0.39 is 5.54 Å². The molecular weight excluding hydrogens is 303 g/mol. The van der Waals surface area contributed by atoms with Gasteiger partial charge in [0.25, 0.3) is 0 Å². The zero-order valence-electron chi connectivity index (χ0n) is 12.3. The molecule has 1 fully saturated rings. The molecule has 1 heterocycles. The second-order valence-corrected chi connectivity index (χ2v) is 5.37. The van der Waals surface area contributed by atoms with Gasteiger partial charge in [-0.3, -0.25) is 14.5 Å². The molecule has 4 N–H and O–H groups in total. The van der Waals surface area contributed by atoms with Crippen LogP contribution in [0.4, 0.5) is 0 Å². The van der Waals surface area contributed by atoms with Gasteiger partial charge in [0.2, 0.25) is 11.8 Å². The highest BCUT2D eigenvalue weighted by atomic mass is 35.5. The summed E-state index contributed by atoms with van der Waals surface area (Å²) >= 11 is 0. The molecule has 8 heteroatoms. The van der Waals surface area contributed by atoms with Crippen molar-refractivity contribution in [2.75, 3.05) is 32.7 Å². The summed E-state index contributed by atoms with van der Waals surface area (Å²) < 4.78 is 0. The van der Waals surface area contributed by atoms with Crippen LogP contribution in [0.2, 0.25) is 0 Å². The molecule has 0 saturated carbocycles. The summed E-state index contributed by atoms with van der Waals surface area (Å²) in [5.41, 5.74) is 10.2. The number of nitrogens with two attached hydrogens (primary N) is 2. The monoisotopic (exact) mass is 328 g/mol. The van der Waals surface area contributed by atoms with Crippen LogP contribution in [0.3, 0.4) is 0 Å². The zero-order valence-corrected chi connectivity index (χ0v) is 13.9. The molecule has 0 aromatic carbocycles. The van der Waals surface area contributed by atoms with Crippen molar-refractivity contribution in [1.29, 1.82) is 0 Å². The maximum Gasteiger partial charge on any atom is 0.237 e. The molecule has 1 unspecified atom stereocenters. The fourth-order valence-electron chi connectivity index (χ4n) is 2.05. The second kappa shape index (κ2) is 8.67. The van der Waals surface area contributed by atoms with Crippen LogP contribution in [0, 0.1) is 5.92 Å². The molecule has 1 atom stereocenters. The Morgan fingerprint density at radius 3 is 1.95 bits per heavy atom. The van der Waals surface area contributed by atoms with Gasteiger partial charge >= 0.3 is 0 Å². The van der Waals surface area contributed by atoms with E-state index in [9.17, 15) is 9.59 Å². The van der Waals surface area contributed by atoms with Crippen LogP contribution in [0.5, 0.6) is 0 Å². The van der Waals surface area contributed by atoms with Gasteiger partial charge in [0.05, 0.1) is 5.54 Å². The number of carbonyl (C=O) groups is 2. The molecule has 6 nitrogen and oxygen atoms in total. The Kier molecular flexibility index (Phi) is 9.42. The highest BCUT2D eigenvalue weighted by Crippen LogP contribution is 2.17. The Labute approximate surface area is 133 Å². The van der Waals surface area contributed by atoms with Gasteiger partial charge < -0.3 is 16.4 Å². The third-order valence-corrected chi connectivity index (χ3v) is 3.76. The van der Waals surface area contributed by atoms with E-state index in [1.165, 1.54) is 0 Å². The molecular formula is C12H26Cl2N4O2. The van der Waals surface area contributed by atoms with Crippen molar-refractivity contribution in [3.8, 4) is 0 Å². The van der Waals surface area contributed by atoms with E-state index in [1.807, 2.05) is 30.6 Å². The summed E-state index contributed by atoms with van der Waals surface area (Å²) in [7, 11) is 0. The fraction of sp³-hybridized carbons (Fsp3) is 0.833. The van der Waals surface area contributed by atoms with Crippen LogP contribution in [0.1, 0.15) is 20.8 Å². The van der Waals surface area contributed by atoms with Gasteiger partial charge in [-0.15, -0.1) is 24.8 Å². The molecule has 20 heavy (non-hydrogen) atoms. The summed E-state index contributed by atoms with van der Waals surface area (Å²) in [6, 6.07) is 0. The number of amides is 2. The van der Waals surface area contributed by atoms with E-state index in [4.69, 9.17) is 11.5 Å². The molecule has 0 aromatic heterocycles. The molecule has 1 aliphatic rings. The number of hydrogen-bond donors (Lipinski definition) is 2. The Morgan fingerprint density at radius 1 is 1.15 bits per heavy atom. The first kappa shape index (κ1) is 21.7. The SMILES string of the molecule is CC(CN)C(=O)N1CCN(C(C)(C)C(N)=O)CC1.Cl.Cl. The van der Waals surface area contributed by atoms with Crippen LogP contribution < -0.4 is 11.5 Å². The predicted octanol–water partition coefficient (Wildman–Crippen LogP) is -0.167. The highest BCUT2D eigenvalue weighted by Gasteiger charge is 2.35. The van der Waals surface area contributed by atoms with Crippen LogP contribution >= 0.6 is 24.8 Å². The molecule has 2 amide bonds. The number of piperazine rings is 1. The van der Waals surface area contributed by atoms with Crippen molar-refractivity contribution >= 4 is 36.6 Å². The van der Waals surface area contributed by atoms with Crippen LogP contribution in [0.25, 0.3) is 0 Å². The topological polar surface area (TPSA) is 92.7 Å². The summed E-state index contributed by atoms with van der Waals surface area (Å²) in [5.74, 6) is -0.382. The molecule has 0 bridgehead atoms. The first-order valence-corrected chi connectivity index (χ1v) is 6.34. The number of hydrogen-bond acceptors (Lipinski definition) is 4. The number of primary amides is 1. The zero-order chi connectivity index (χ0) is 13.9. The normalized spacial score (nSPS) is 17.7. The standard InChI is InChI=1S/C12H24N4O2.2ClH/c1-9(8-13)10(17)15-4-6-16(7-5-15)12(2,3)11(14)18;;/h9H,4-8,13H2,1-3H3,(H2,14,18);2*1H. The summed E-state index contributed by atoms with van der Waals surface area (Å²) in [5, 5.41) is 0. The van der Waals surface area contributed by atoms with E-state index in [2.05, 4.69) is 0 Å². The predicted molar refractivity (Wildman–Crippen MR) is 84.1 cm³/mol. The van der Waals surface area contributed by atoms with Gasteiger partial charge in [-0.2, -0.15) is 0 Å². The van der Waals surface area contributed by atoms with Gasteiger partial charge in [0.15, 0.2) is 0 Å². The lowest BCUT2D eigenvalue weighted by atomic mass is 10.0. The summed E-state index contributed by atoms with van der Waals surface area (Å²) in [6.07, 6.45) is 0. The van der Waals surface area contributed by atoms with Crippen molar-refractivity contribution in [3.63, 3.8) is 0 Å². The highest BCUT2D eigenvalue weighted by molar-refractivity contribution is 5.85. The van der Waals surface area contributed by atoms with E-state index in [0.29, 0.717) is 32.7 Å². The molecule has 0 spiro atoms. The minimum atomic E-state index is -0.658. The lowest BCUT2D eigenvalue weighted by Gasteiger charge is -2.42. The van der Waals surface area contributed by atoms with Gasteiger partial charge in [-0.05, 0) is 13.8 Å². The molecule has 1 aliphatic heterocycles. The molecule has 0 aromatic rings. The molecule has 120 valence electrons. The Morgan fingerprint density at radius 2 is 1.60 bits per heavy atom. The summed E-state index contributed by atoms with van der Waals surface area (Å²) in [4.78, 5) is 27.2. The maximum absolute atomic E-state index is 12.0. The third-order valence-electron chi connectivity index (χ3n) is 3.76. The number of rotatable bonds is 4. The fourth-order valence-corrected chi connectivity index (χ4v) is 2.05.